The third-order valence-corrected chi connectivity index (χ3v) is 3.64. The van der Waals surface area contributed by atoms with Crippen LogP contribution in [0.1, 0.15) is 5.56 Å². The summed E-state index contributed by atoms with van der Waals surface area (Å²) in [7, 11) is 0. The Bertz CT molecular complexity index is 739. The van der Waals surface area contributed by atoms with Gasteiger partial charge in [-0.05, 0) is 17.8 Å². The van der Waals surface area contributed by atoms with Crippen molar-refractivity contribution >= 4 is 28.5 Å². The van der Waals surface area contributed by atoms with Gasteiger partial charge in [-0.1, -0.05) is 18.2 Å². The molecule has 0 bridgehead atoms. The number of benzene rings is 1. The van der Waals surface area contributed by atoms with E-state index in [1.807, 2.05) is 24.3 Å². The number of oxazole rings is 1. The Hall–Kier alpha value is -2.34. The standard InChI is InChI=1S/C13H10N4OS/c14-12(15)9-7-17-10-4-2-1-3-8(10)11(9)19-13-16-5-6-18-13/h1-7H,(H3,14,15). The van der Waals surface area contributed by atoms with Gasteiger partial charge >= 0.3 is 0 Å². The molecule has 0 aliphatic heterocycles. The molecular weight excluding hydrogens is 260 g/mol. The molecule has 0 saturated carbocycles. The fraction of sp³-hybridized carbons (Fsp3) is 0. The first-order chi connectivity index (χ1) is 9.25. The number of amidine groups is 1. The first-order valence-corrected chi connectivity index (χ1v) is 6.37. The van der Waals surface area contributed by atoms with Crippen LogP contribution >= 0.6 is 11.8 Å². The predicted molar refractivity (Wildman–Crippen MR) is 73.4 cm³/mol. The third kappa shape index (κ3) is 2.17. The molecule has 6 heteroatoms. The topological polar surface area (TPSA) is 88.8 Å². The monoisotopic (exact) mass is 270 g/mol. The van der Waals surface area contributed by atoms with Gasteiger partial charge in [0.25, 0.3) is 5.22 Å². The Morgan fingerprint density at radius 3 is 2.84 bits per heavy atom. The van der Waals surface area contributed by atoms with Crippen molar-refractivity contribution in [2.24, 2.45) is 5.73 Å². The number of rotatable bonds is 3. The van der Waals surface area contributed by atoms with Gasteiger partial charge in [0.05, 0.1) is 11.7 Å². The van der Waals surface area contributed by atoms with Gasteiger partial charge in [-0.3, -0.25) is 10.4 Å². The summed E-state index contributed by atoms with van der Waals surface area (Å²) in [6, 6.07) is 7.70. The van der Waals surface area contributed by atoms with Crippen LogP contribution in [0.2, 0.25) is 0 Å². The van der Waals surface area contributed by atoms with Gasteiger partial charge in [-0.15, -0.1) is 0 Å². The molecule has 0 aliphatic carbocycles. The molecule has 2 aromatic heterocycles. The van der Waals surface area contributed by atoms with Gasteiger partial charge in [0.1, 0.15) is 12.1 Å². The number of nitrogens with one attached hydrogen (secondary N) is 1. The minimum absolute atomic E-state index is 0.0210. The molecule has 3 N–H and O–H groups in total. The molecule has 0 unspecified atom stereocenters. The highest BCUT2D eigenvalue weighted by Gasteiger charge is 2.14. The van der Waals surface area contributed by atoms with E-state index in [1.165, 1.54) is 18.0 Å². The second-order valence-corrected chi connectivity index (χ2v) is 4.79. The number of nitrogens with two attached hydrogens (primary N) is 1. The molecule has 1 aromatic carbocycles. The Kier molecular flexibility index (Phi) is 2.92. The number of hydrogen-bond acceptors (Lipinski definition) is 5. The van der Waals surface area contributed by atoms with E-state index < -0.39 is 0 Å². The van der Waals surface area contributed by atoms with Crippen LogP contribution in [-0.2, 0) is 0 Å². The molecule has 0 atom stereocenters. The van der Waals surface area contributed by atoms with Crippen molar-refractivity contribution in [2.75, 3.05) is 0 Å². The Morgan fingerprint density at radius 1 is 1.26 bits per heavy atom. The average molecular weight is 270 g/mol. The van der Waals surface area contributed by atoms with E-state index in [1.54, 1.807) is 12.4 Å². The van der Waals surface area contributed by atoms with Gasteiger partial charge < -0.3 is 10.2 Å². The Morgan fingerprint density at radius 2 is 2.11 bits per heavy atom. The number of para-hydroxylation sites is 1. The van der Waals surface area contributed by atoms with Crippen LogP contribution in [0.3, 0.4) is 0 Å². The van der Waals surface area contributed by atoms with Crippen molar-refractivity contribution in [3.8, 4) is 0 Å². The third-order valence-electron chi connectivity index (χ3n) is 2.62. The zero-order valence-corrected chi connectivity index (χ0v) is 10.6. The Balaban J connectivity index is 2.22. The van der Waals surface area contributed by atoms with E-state index in [-0.39, 0.29) is 5.84 Å². The van der Waals surface area contributed by atoms with Crippen LogP contribution in [0.25, 0.3) is 10.9 Å². The molecule has 0 fully saturated rings. The van der Waals surface area contributed by atoms with E-state index >= 15 is 0 Å². The number of nitrogens with zero attached hydrogens (tertiary/aromatic N) is 2. The first-order valence-electron chi connectivity index (χ1n) is 5.55. The molecule has 94 valence electrons. The fourth-order valence-electron chi connectivity index (χ4n) is 1.77. The van der Waals surface area contributed by atoms with Crippen LogP contribution in [0, 0.1) is 5.41 Å². The molecule has 5 nitrogen and oxygen atoms in total. The lowest BCUT2D eigenvalue weighted by molar-refractivity contribution is 0.454. The highest BCUT2D eigenvalue weighted by molar-refractivity contribution is 7.99. The largest absolute Gasteiger partial charge is 0.440 e. The van der Waals surface area contributed by atoms with Crippen LogP contribution in [0.4, 0.5) is 0 Å². The fourth-order valence-corrected chi connectivity index (χ4v) is 2.71. The second-order valence-electron chi connectivity index (χ2n) is 3.83. The van der Waals surface area contributed by atoms with Crippen LogP contribution in [0.15, 0.2) is 57.5 Å². The van der Waals surface area contributed by atoms with Crippen LogP contribution in [0.5, 0.6) is 0 Å². The highest BCUT2D eigenvalue weighted by atomic mass is 32.2. The molecule has 0 aliphatic rings. The summed E-state index contributed by atoms with van der Waals surface area (Å²) in [4.78, 5) is 9.22. The minimum atomic E-state index is -0.0210. The van der Waals surface area contributed by atoms with Crippen molar-refractivity contribution in [1.82, 2.24) is 9.97 Å². The van der Waals surface area contributed by atoms with E-state index in [0.29, 0.717) is 10.8 Å². The van der Waals surface area contributed by atoms with Crippen molar-refractivity contribution in [3.63, 3.8) is 0 Å². The summed E-state index contributed by atoms with van der Waals surface area (Å²) >= 11 is 1.34. The highest BCUT2D eigenvalue weighted by Crippen LogP contribution is 2.34. The number of pyridine rings is 1. The van der Waals surface area contributed by atoms with E-state index in [9.17, 15) is 0 Å². The smallest absolute Gasteiger partial charge is 0.260 e. The Labute approximate surface area is 113 Å². The van der Waals surface area contributed by atoms with Crippen molar-refractivity contribution in [2.45, 2.75) is 10.1 Å². The van der Waals surface area contributed by atoms with Gasteiger partial charge in [0.2, 0.25) is 0 Å². The lowest BCUT2D eigenvalue weighted by Gasteiger charge is -2.09. The van der Waals surface area contributed by atoms with Crippen LogP contribution in [-0.4, -0.2) is 15.8 Å². The SMILES string of the molecule is N=C(N)c1cnc2ccccc2c1Sc1ncco1. The van der Waals surface area contributed by atoms with Crippen molar-refractivity contribution in [1.29, 1.82) is 5.41 Å². The molecule has 0 saturated heterocycles. The second kappa shape index (κ2) is 4.74. The normalized spacial score (nSPS) is 10.7. The van der Waals surface area contributed by atoms with Gasteiger partial charge in [0.15, 0.2) is 0 Å². The zero-order chi connectivity index (χ0) is 13.2. The summed E-state index contributed by atoms with van der Waals surface area (Å²) in [6.07, 6.45) is 4.70. The van der Waals surface area contributed by atoms with Gasteiger partial charge in [0, 0.05) is 22.0 Å². The predicted octanol–water partition coefficient (Wildman–Crippen LogP) is 2.66. The first kappa shape index (κ1) is 11.7. The minimum Gasteiger partial charge on any atom is -0.440 e. The lowest BCUT2D eigenvalue weighted by atomic mass is 10.1. The number of fused-ring (bicyclic) bond motifs is 1. The van der Waals surface area contributed by atoms with E-state index in [2.05, 4.69) is 9.97 Å². The summed E-state index contributed by atoms with van der Waals surface area (Å²) in [5.74, 6) is -0.0210. The maximum atomic E-state index is 7.65. The lowest BCUT2D eigenvalue weighted by Crippen LogP contribution is -2.13. The summed E-state index contributed by atoms with van der Waals surface area (Å²) < 4.78 is 5.24. The summed E-state index contributed by atoms with van der Waals surface area (Å²) in [5.41, 5.74) is 7.05. The molecule has 2 heterocycles. The number of aromatic nitrogens is 2. The quantitative estimate of drug-likeness (QED) is 0.564. The average Bonchev–Trinajstić information content (AvgIpc) is 2.92. The number of hydrogen-bond donors (Lipinski definition) is 2. The maximum Gasteiger partial charge on any atom is 0.260 e. The van der Waals surface area contributed by atoms with Crippen molar-refractivity contribution in [3.05, 3.63) is 48.5 Å². The van der Waals surface area contributed by atoms with Crippen LogP contribution < -0.4 is 5.73 Å². The summed E-state index contributed by atoms with van der Waals surface area (Å²) in [5, 5.41) is 9.10. The molecule has 3 rings (SSSR count). The number of nitrogen functional groups attached to an aromatic ring is 1. The molecule has 19 heavy (non-hydrogen) atoms. The zero-order valence-electron chi connectivity index (χ0n) is 9.83. The maximum absolute atomic E-state index is 7.65. The van der Waals surface area contributed by atoms with Gasteiger partial charge in [-0.25, -0.2) is 4.98 Å². The van der Waals surface area contributed by atoms with Gasteiger partial charge in [-0.2, -0.15) is 0 Å². The molecule has 0 spiro atoms. The molecule has 3 aromatic rings. The molecular formula is C13H10N4OS. The summed E-state index contributed by atoms with van der Waals surface area (Å²) in [6.45, 7) is 0. The van der Waals surface area contributed by atoms with E-state index in [0.717, 1.165) is 15.8 Å². The molecule has 0 amide bonds. The molecule has 0 radical (unpaired) electrons. The van der Waals surface area contributed by atoms with Crippen molar-refractivity contribution < 1.29 is 4.42 Å². The van der Waals surface area contributed by atoms with E-state index in [4.69, 9.17) is 15.6 Å².